The van der Waals surface area contributed by atoms with Crippen LogP contribution in [0.15, 0.2) is 6.20 Å². The Morgan fingerprint density at radius 3 is 2.94 bits per heavy atom. The fourth-order valence-corrected chi connectivity index (χ4v) is 1.46. The first-order chi connectivity index (χ1) is 7.76. The lowest BCUT2D eigenvalue weighted by Gasteiger charge is -2.06. The lowest BCUT2D eigenvalue weighted by Crippen LogP contribution is -2.10. The molecular weight excluding hydrogens is 208 g/mol. The highest BCUT2D eigenvalue weighted by Gasteiger charge is 2.09. The summed E-state index contributed by atoms with van der Waals surface area (Å²) in [5, 5.41) is 19.6. The van der Waals surface area contributed by atoms with Crippen molar-refractivity contribution in [1.82, 2.24) is 19.7 Å². The van der Waals surface area contributed by atoms with Gasteiger partial charge in [-0.1, -0.05) is 0 Å². The Bertz CT molecular complexity index is 494. The molecule has 0 aliphatic heterocycles. The number of hydrogen-bond donors (Lipinski definition) is 3. The summed E-state index contributed by atoms with van der Waals surface area (Å²) in [5.41, 5.74) is 0.750. The van der Waals surface area contributed by atoms with Crippen LogP contribution in [0.3, 0.4) is 0 Å². The van der Waals surface area contributed by atoms with Crippen molar-refractivity contribution in [1.29, 1.82) is 0 Å². The minimum atomic E-state index is 0.0433. The second kappa shape index (κ2) is 4.31. The maximum Gasteiger partial charge on any atom is 0.226 e. The highest BCUT2D eigenvalue weighted by molar-refractivity contribution is 5.87. The molecule has 2 rings (SSSR count). The lowest BCUT2D eigenvalue weighted by molar-refractivity contribution is 0.311. The van der Waals surface area contributed by atoms with Gasteiger partial charge in [0.05, 0.1) is 18.2 Å². The van der Waals surface area contributed by atoms with Gasteiger partial charge < -0.3 is 15.7 Å². The average molecular weight is 222 g/mol. The minimum absolute atomic E-state index is 0.0433. The highest BCUT2D eigenvalue weighted by Crippen LogP contribution is 2.20. The largest absolute Gasteiger partial charge is 0.395 e. The van der Waals surface area contributed by atoms with Gasteiger partial charge in [0.2, 0.25) is 5.95 Å². The Morgan fingerprint density at radius 2 is 2.25 bits per heavy atom. The number of aliphatic hydroxyl groups is 1. The zero-order chi connectivity index (χ0) is 11.5. The van der Waals surface area contributed by atoms with Gasteiger partial charge >= 0.3 is 0 Å². The van der Waals surface area contributed by atoms with Crippen LogP contribution in [0.1, 0.15) is 0 Å². The van der Waals surface area contributed by atoms with Crippen LogP contribution < -0.4 is 10.6 Å². The molecule has 2 aromatic heterocycles. The van der Waals surface area contributed by atoms with E-state index in [0.717, 1.165) is 16.9 Å². The van der Waals surface area contributed by atoms with Crippen molar-refractivity contribution in [3.05, 3.63) is 6.20 Å². The summed E-state index contributed by atoms with van der Waals surface area (Å²) in [7, 11) is 3.62. The van der Waals surface area contributed by atoms with E-state index in [9.17, 15) is 0 Å². The number of aliphatic hydroxyl groups excluding tert-OH is 1. The van der Waals surface area contributed by atoms with Gasteiger partial charge in [0.25, 0.3) is 0 Å². The summed E-state index contributed by atoms with van der Waals surface area (Å²) >= 11 is 0. The fraction of sp³-hybridized carbons (Fsp3) is 0.444. The van der Waals surface area contributed by atoms with Crippen LogP contribution in [0.4, 0.5) is 11.8 Å². The number of fused-ring (bicyclic) bond motifs is 1. The molecule has 0 amide bonds. The molecule has 0 bridgehead atoms. The molecule has 2 aromatic rings. The SMILES string of the molecule is CNc1nc(NCCO)nc2c1cnn2C. The fourth-order valence-electron chi connectivity index (χ4n) is 1.46. The van der Waals surface area contributed by atoms with E-state index in [1.807, 2.05) is 7.05 Å². The smallest absolute Gasteiger partial charge is 0.226 e. The van der Waals surface area contributed by atoms with E-state index < -0.39 is 0 Å². The van der Waals surface area contributed by atoms with Crippen LogP contribution in [-0.2, 0) is 7.05 Å². The zero-order valence-electron chi connectivity index (χ0n) is 9.23. The number of nitrogens with one attached hydrogen (secondary N) is 2. The minimum Gasteiger partial charge on any atom is -0.395 e. The molecule has 7 heteroatoms. The van der Waals surface area contributed by atoms with Crippen LogP contribution in [0.2, 0.25) is 0 Å². The summed E-state index contributed by atoms with van der Waals surface area (Å²) < 4.78 is 1.68. The zero-order valence-corrected chi connectivity index (χ0v) is 9.23. The maximum atomic E-state index is 8.73. The van der Waals surface area contributed by atoms with Crippen molar-refractivity contribution < 1.29 is 5.11 Å². The van der Waals surface area contributed by atoms with Crippen LogP contribution in [-0.4, -0.2) is 45.1 Å². The van der Waals surface area contributed by atoms with Gasteiger partial charge in [-0.05, 0) is 0 Å². The summed E-state index contributed by atoms with van der Waals surface area (Å²) in [6.45, 7) is 0.466. The number of aromatic nitrogens is 4. The van der Waals surface area contributed by atoms with E-state index >= 15 is 0 Å². The van der Waals surface area contributed by atoms with Gasteiger partial charge in [-0.2, -0.15) is 15.1 Å². The van der Waals surface area contributed by atoms with E-state index in [1.165, 1.54) is 0 Å². The second-order valence-corrected chi connectivity index (χ2v) is 3.30. The van der Waals surface area contributed by atoms with Crippen LogP contribution >= 0.6 is 0 Å². The Labute approximate surface area is 92.5 Å². The van der Waals surface area contributed by atoms with Gasteiger partial charge in [0, 0.05) is 20.6 Å². The molecule has 0 radical (unpaired) electrons. The van der Waals surface area contributed by atoms with E-state index in [4.69, 9.17) is 5.11 Å². The predicted octanol–water partition coefficient (Wildman–Crippen LogP) is -0.191. The molecular formula is C9H14N6O. The third-order valence-electron chi connectivity index (χ3n) is 2.22. The summed E-state index contributed by atoms with van der Waals surface area (Å²) in [6.07, 6.45) is 1.72. The lowest BCUT2D eigenvalue weighted by atomic mass is 10.4. The van der Waals surface area contributed by atoms with Crippen LogP contribution in [0.25, 0.3) is 11.0 Å². The van der Waals surface area contributed by atoms with Crippen LogP contribution in [0.5, 0.6) is 0 Å². The number of aryl methyl sites for hydroxylation is 1. The van der Waals surface area contributed by atoms with E-state index in [0.29, 0.717) is 12.5 Å². The Kier molecular flexibility index (Phi) is 2.86. The van der Waals surface area contributed by atoms with E-state index in [2.05, 4.69) is 25.7 Å². The van der Waals surface area contributed by atoms with E-state index in [-0.39, 0.29) is 6.61 Å². The quantitative estimate of drug-likeness (QED) is 0.664. The van der Waals surface area contributed by atoms with Gasteiger partial charge in [0.15, 0.2) is 5.65 Å². The molecule has 3 N–H and O–H groups in total. The summed E-state index contributed by atoms with van der Waals surface area (Å²) in [5.74, 6) is 1.20. The first-order valence-corrected chi connectivity index (χ1v) is 4.98. The van der Waals surface area contributed by atoms with Crippen molar-refractivity contribution in [2.45, 2.75) is 0 Å². The number of anilines is 2. The van der Waals surface area contributed by atoms with Crippen molar-refractivity contribution in [3.63, 3.8) is 0 Å². The van der Waals surface area contributed by atoms with Gasteiger partial charge in [-0.15, -0.1) is 0 Å². The highest BCUT2D eigenvalue weighted by atomic mass is 16.3. The Morgan fingerprint density at radius 1 is 1.44 bits per heavy atom. The molecule has 86 valence electrons. The maximum absolute atomic E-state index is 8.73. The molecule has 7 nitrogen and oxygen atoms in total. The molecule has 0 aliphatic carbocycles. The molecule has 0 spiro atoms. The molecule has 2 heterocycles. The third kappa shape index (κ3) is 1.76. The predicted molar refractivity (Wildman–Crippen MR) is 61.4 cm³/mol. The van der Waals surface area contributed by atoms with Crippen LogP contribution in [0, 0.1) is 0 Å². The molecule has 16 heavy (non-hydrogen) atoms. The molecule has 0 fully saturated rings. The average Bonchev–Trinajstić information content (AvgIpc) is 2.68. The second-order valence-electron chi connectivity index (χ2n) is 3.30. The first-order valence-electron chi connectivity index (χ1n) is 4.98. The molecule has 0 aliphatic rings. The van der Waals surface area contributed by atoms with Crippen molar-refractivity contribution in [2.75, 3.05) is 30.8 Å². The third-order valence-corrected chi connectivity index (χ3v) is 2.22. The number of rotatable bonds is 4. The standard InChI is InChI=1S/C9H14N6O/c1-10-7-6-5-12-15(2)8(6)14-9(13-7)11-3-4-16/h5,16H,3-4H2,1-2H3,(H2,10,11,13,14). The van der Waals surface area contributed by atoms with Gasteiger partial charge in [-0.25, -0.2) is 0 Å². The summed E-state index contributed by atoms with van der Waals surface area (Å²) in [4.78, 5) is 8.58. The monoisotopic (exact) mass is 222 g/mol. The molecule has 0 aromatic carbocycles. The summed E-state index contributed by atoms with van der Waals surface area (Å²) in [6, 6.07) is 0. The molecule has 0 atom stereocenters. The van der Waals surface area contributed by atoms with Gasteiger partial charge in [0.1, 0.15) is 5.82 Å². The van der Waals surface area contributed by atoms with Crippen molar-refractivity contribution >= 4 is 22.8 Å². The first kappa shape index (κ1) is 10.6. The number of nitrogens with zero attached hydrogens (tertiary/aromatic N) is 4. The van der Waals surface area contributed by atoms with Crippen molar-refractivity contribution in [3.8, 4) is 0 Å². The van der Waals surface area contributed by atoms with E-state index in [1.54, 1.807) is 17.9 Å². The molecule has 0 unspecified atom stereocenters. The molecule has 0 saturated heterocycles. The normalized spacial score (nSPS) is 10.7. The molecule has 0 saturated carbocycles. The van der Waals surface area contributed by atoms with Crippen molar-refractivity contribution in [2.24, 2.45) is 7.05 Å². The topological polar surface area (TPSA) is 87.9 Å². The Balaban J connectivity index is 2.48. The Hall–Kier alpha value is -1.89. The number of hydrogen-bond acceptors (Lipinski definition) is 6. The van der Waals surface area contributed by atoms with Gasteiger partial charge in [-0.3, -0.25) is 4.68 Å².